The van der Waals surface area contributed by atoms with Gasteiger partial charge in [0.2, 0.25) is 5.91 Å². The van der Waals surface area contributed by atoms with Crippen LogP contribution in [0.5, 0.6) is 0 Å². The third-order valence-corrected chi connectivity index (χ3v) is 5.13. The second-order valence-electron chi connectivity index (χ2n) is 5.24. The zero-order chi connectivity index (χ0) is 11.9. The summed E-state index contributed by atoms with van der Waals surface area (Å²) in [6, 6.07) is 2.71. The van der Waals surface area contributed by atoms with Gasteiger partial charge in [0.15, 0.2) is 0 Å². The number of carbonyl (C=O) groups is 1. The molecule has 1 aromatic rings. The quantitative estimate of drug-likeness (QED) is 0.893. The number of carbonyl (C=O) groups excluding carboxylic acids is 1. The van der Waals surface area contributed by atoms with Gasteiger partial charge in [0.25, 0.3) is 0 Å². The van der Waals surface area contributed by atoms with Crippen molar-refractivity contribution in [3.8, 4) is 0 Å². The van der Waals surface area contributed by atoms with Gasteiger partial charge in [-0.2, -0.15) is 11.3 Å². The fourth-order valence-electron chi connectivity index (χ4n) is 3.50. The Labute approximate surface area is 106 Å². The molecule has 3 nitrogen and oxygen atoms in total. The smallest absolute Gasteiger partial charge is 0.237 e. The Kier molecular flexibility index (Phi) is 2.71. The molecule has 1 aromatic heterocycles. The molecule has 0 aromatic carbocycles. The third kappa shape index (κ3) is 1.70. The van der Waals surface area contributed by atoms with E-state index < -0.39 is 0 Å². The molecule has 3 rings (SSSR count). The van der Waals surface area contributed by atoms with E-state index in [4.69, 9.17) is 5.73 Å². The zero-order valence-electron chi connectivity index (χ0n) is 9.89. The highest BCUT2D eigenvalue weighted by Crippen LogP contribution is 2.44. The SMILES string of the molecule is NC(=O)C12CCCC(CC1)N2Cc1ccsc1. The van der Waals surface area contributed by atoms with Crippen LogP contribution in [-0.4, -0.2) is 22.4 Å². The molecule has 1 amide bonds. The lowest BCUT2D eigenvalue weighted by Crippen LogP contribution is -2.57. The molecule has 2 fully saturated rings. The summed E-state index contributed by atoms with van der Waals surface area (Å²) in [6.45, 7) is 0.886. The van der Waals surface area contributed by atoms with E-state index in [1.54, 1.807) is 11.3 Å². The van der Waals surface area contributed by atoms with Crippen LogP contribution in [0.3, 0.4) is 0 Å². The number of primary amides is 1. The number of nitrogens with two attached hydrogens (primary N) is 1. The second kappa shape index (κ2) is 4.10. The lowest BCUT2D eigenvalue weighted by molar-refractivity contribution is -0.132. The second-order valence-corrected chi connectivity index (χ2v) is 6.02. The average Bonchev–Trinajstić information content (AvgIpc) is 2.86. The van der Waals surface area contributed by atoms with E-state index >= 15 is 0 Å². The van der Waals surface area contributed by atoms with Crippen LogP contribution in [0.15, 0.2) is 16.8 Å². The minimum Gasteiger partial charge on any atom is -0.368 e. The van der Waals surface area contributed by atoms with Crippen molar-refractivity contribution in [2.24, 2.45) is 5.73 Å². The van der Waals surface area contributed by atoms with Crippen molar-refractivity contribution in [1.29, 1.82) is 0 Å². The molecule has 0 saturated carbocycles. The van der Waals surface area contributed by atoms with Crippen LogP contribution >= 0.6 is 11.3 Å². The van der Waals surface area contributed by atoms with Crippen molar-refractivity contribution in [3.05, 3.63) is 22.4 Å². The van der Waals surface area contributed by atoms with Crippen LogP contribution in [0.4, 0.5) is 0 Å². The molecule has 0 aliphatic carbocycles. The van der Waals surface area contributed by atoms with Gasteiger partial charge in [0.05, 0.1) is 0 Å². The van der Waals surface area contributed by atoms with Crippen LogP contribution < -0.4 is 5.73 Å². The maximum atomic E-state index is 11.9. The molecule has 4 heteroatoms. The fraction of sp³-hybridized carbons (Fsp3) is 0.615. The number of hydrogen-bond acceptors (Lipinski definition) is 3. The molecule has 2 atom stereocenters. The number of amides is 1. The van der Waals surface area contributed by atoms with Gasteiger partial charge in [-0.25, -0.2) is 0 Å². The van der Waals surface area contributed by atoms with Crippen molar-refractivity contribution in [2.75, 3.05) is 0 Å². The summed E-state index contributed by atoms with van der Waals surface area (Å²) in [5.41, 5.74) is 6.65. The number of rotatable bonds is 3. The summed E-state index contributed by atoms with van der Waals surface area (Å²) in [7, 11) is 0. The summed E-state index contributed by atoms with van der Waals surface area (Å²) >= 11 is 1.72. The molecule has 2 aliphatic rings. The lowest BCUT2D eigenvalue weighted by Gasteiger charge is -2.42. The molecule has 2 saturated heterocycles. The molecule has 0 radical (unpaired) electrons. The Balaban J connectivity index is 1.88. The van der Waals surface area contributed by atoms with Gasteiger partial charge < -0.3 is 5.73 Å². The molecule has 2 unspecified atom stereocenters. The van der Waals surface area contributed by atoms with Gasteiger partial charge in [-0.15, -0.1) is 0 Å². The highest BCUT2D eigenvalue weighted by Gasteiger charge is 2.52. The van der Waals surface area contributed by atoms with Crippen molar-refractivity contribution >= 4 is 17.2 Å². The molecular weight excluding hydrogens is 232 g/mol. The first kappa shape index (κ1) is 11.2. The molecular formula is C13H18N2OS. The van der Waals surface area contributed by atoms with E-state index in [1.165, 1.54) is 12.0 Å². The average molecular weight is 250 g/mol. The first-order valence-corrected chi connectivity index (χ1v) is 7.24. The topological polar surface area (TPSA) is 46.3 Å². The number of piperidine rings is 1. The van der Waals surface area contributed by atoms with Crippen LogP contribution in [0.2, 0.25) is 0 Å². The molecule has 92 valence electrons. The Morgan fingerprint density at radius 2 is 2.41 bits per heavy atom. The fourth-order valence-corrected chi connectivity index (χ4v) is 4.16. The van der Waals surface area contributed by atoms with E-state index in [0.717, 1.165) is 32.2 Å². The van der Waals surface area contributed by atoms with Crippen molar-refractivity contribution in [1.82, 2.24) is 4.90 Å². The maximum Gasteiger partial charge on any atom is 0.237 e. The highest BCUT2D eigenvalue weighted by molar-refractivity contribution is 7.07. The maximum absolute atomic E-state index is 11.9. The molecule has 2 N–H and O–H groups in total. The van der Waals surface area contributed by atoms with Crippen LogP contribution in [0.1, 0.15) is 37.7 Å². The number of hydrogen-bond donors (Lipinski definition) is 1. The van der Waals surface area contributed by atoms with Gasteiger partial charge >= 0.3 is 0 Å². The van der Waals surface area contributed by atoms with E-state index in [2.05, 4.69) is 21.7 Å². The molecule has 2 bridgehead atoms. The summed E-state index contributed by atoms with van der Waals surface area (Å²) in [4.78, 5) is 14.2. The van der Waals surface area contributed by atoms with Crippen LogP contribution in [0, 0.1) is 0 Å². The first-order valence-electron chi connectivity index (χ1n) is 6.30. The van der Waals surface area contributed by atoms with Gasteiger partial charge in [-0.05, 0) is 54.5 Å². The van der Waals surface area contributed by atoms with Crippen LogP contribution in [-0.2, 0) is 11.3 Å². The van der Waals surface area contributed by atoms with E-state index in [0.29, 0.717) is 6.04 Å². The number of thiophene rings is 1. The van der Waals surface area contributed by atoms with E-state index in [-0.39, 0.29) is 11.4 Å². The first-order chi connectivity index (χ1) is 8.22. The van der Waals surface area contributed by atoms with Gasteiger partial charge in [0.1, 0.15) is 5.54 Å². The van der Waals surface area contributed by atoms with Crippen molar-refractivity contribution in [3.63, 3.8) is 0 Å². The normalized spacial score (nSPS) is 32.8. The predicted molar refractivity (Wildman–Crippen MR) is 68.7 cm³/mol. The minimum atomic E-state index is -0.342. The predicted octanol–water partition coefficient (Wildman–Crippen LogP) is 2.12. The summed E-state index contributed by atoms with van der Waals surface area (Å²) < 4.78 is 0. The lowest BCUT2D eigenvalue weighted by atomic mass is 9.87. The molecule has 0 spiro atoms. The van der Waals surface area contributed by atoms with Crippen LogP contribution in [0.25, 0.3) is 0 Å². The highest BCUT2D eigenvalue weighted by atomic mass is 32.1. The monoisotopic (exact) mass is 250 g/mol. The number of fused-ring (bicyclic) bond motifs is 2. The standard InChI is InChI=1S/C13H18N2OS/c14-12(16)13-5-1-2-11(3-6-13)15(13)8-10-4-7-17-9-10/h4,7,9,11H,1-3,5-6,8H2,(H2,14,16). The minimum absolute atomic E-state index is 0.116. The largest absolute Gasteiger partial charge is 0.368 e. The molecule has 3 heterocycles. The van der Waals surface area contributed by atoms with Crippen molar-refractivity contribution in [2.45, 2.75) is 50.2 Å². The third-order valence-electron chi connectivity index (χ3n) is 4.40. The zero-order valence-corrected chi connectivity index (χ0v) is 10.7. The van der Waals surface area contributed by atoms with E-state index in [1.807, 2.05) is 0 Å². The van der Waals surface area contributed by atoms with Gasteiger partial charge in [-0.1, -0.05) is 0 Å². The Bertz CT molecular complexity index is 413. The van der Waals surface area contributed by atoms with Gasteiger partial charge in [-0.3, -0.25) is 9.69 Å². The molecule has 2 aliphatic heterocycles. The van der Waals surface area contributed by atoms with Gasteiger partial charge in [0, 0.05) is 12.6 Å². The number of nitrogens with zero attached hydrogens (tertiary/aromatic N) is 1. The Hall–Kier alpha value is -0.870. The summed E-state index contributed by atoms with van der Waals surface area (Å²) in [5.74, 6) is -0.116. The Morgan fingerprint density at radius 1 is 1.53 bits per heavy atom. The Morgan fingerprint density at radius 3 is 3.12 bits per heavy atom. The van der Waals surface area contributed by atoms with Crippen molar-refractivity contribution < 1.29 is 4.79 Å². The summed E-state index contributed by atoms with van der Waals surface area (Å²) in [5, 5.41) is 4.26. The van der Waals surface area contributed by atoms with E-state index in [9.17, 15) is 4.79 Å². The summed E-state index contributed by atoms with van der Waals surface area (Å²) in [6.07, 6.45) is 5.40. The molecule has 17 heavy (non-hydrogen) atoms.